The van der Waals surface area contributed by atoms with Crippen LogP contribution in [-0.2, 0) is 4.79 Å². The molecular weight excluding hydrogens is 292 g/mol. The zero-order chi connectivity index (χ0) is 12.7. The van der Waals surface area contributed by atoms with E-state index < -0.39 is 0 Å². The minimum Gasteiger partial charge on any atom is -0.382 e. The Bertz CT molecular complexity index is 527. The van der Waals surface area contributed by atoms with Crippen LogP contribution >= 0.6 is 15.9 Å². The molecule has 0 aromatic heterocycles. The van der Waals surface area contributed by atoms with Crippen molar-refractivity contribution in [3.05, 3.63) is 40.5 Å². The first-order valence-corrected chi connectivity index (χ1v) is 6.98. The lowest BCUT2D eigenvalue weighted by molar-refractivity contribution is -0.128. The zero-order valence-corrected chi connectivity index (χ0v) is 11.8. The van der Waals surface area contributed by atoms with Crippen molar-refractivity contribution in [2.75, 3.05) is 5.32 Å². The summed E-state index contributed by atoms with van der Waals surface area (Å²) in [6.45, 7) is 2.16. The minimum atomic E-state index is 0.153. The van der Waals surface area contributed by atoms with Crippen molar-refractivity contribution < 1.29 is 4.79 Å². The van der Waals surface area contributed by atoms with Gasteiger partial charge in [-0.1, -0.05) is 22.0 Å². The Hall–Kier alpha value is -1.29. The van der Waals surface area contributed by atoms with Gasteiger partial charge in [0.1, 0.15) is 0 Å². The SMILES string of the molecule is CC1CC(N2C=CCC2=O)c2cc(Br)ccc2N1. The molecule has 0 saturated carbocycles. The molecule has 2 atom stereocenters. The molecule has 94 valence electrons. The van der Waals surface area contributed by atoms with Gasteiger partial charge < -0.3 is 10.2 Å². The molecule has 0 fully saturated rings. The molecule has 2 heterocycles. The van der Waals surface area contributed by atoms with Crippen molar-refractivity contribution in [2.45, 2.75) is 31.8 Å². The molecule has 0 bridgehead atoms. The highest BCUT2D eigenvalue weighted by Crippen LogP contribution is 2.39. The lowest BCUT2D eigenvalue weighted by atomic mass is 9.92. The normalized spacial score (nSPS) is 26.1. The molecule has 1 aromatic rings. The first-order chi connectivity index (χ1) is 8.65. The monoisotopic (exact) mass is 306 g/mol. The van der Waals surface area contributed by atoms with Crippen LogP contribution in [0, 0.1) is 0 Å². The lowest BCUT2D eigenvalue weighted by Crippen LogP contribution is -2.35. The third-order valence-electron chi connectivity index (χ3n) is 3.53. The Kier molecular flexibility index (Phi) is 2.90. The molecule has 3 nitrogen and oxygen atoms in total. The maximum absolute atomic E-state index is 11.9. The maximum Gasteiger partial charge on any atom is 0.230 e. The number of nitrogens with one attached hydrogen (secondary N) is 1. The average Bonchev–Trinajstić information content (AvgIpc) is 2.75. The Labute approximate surface area is 115 Å². The van der Waals surface area contributed by atoms with Crippen LogP contribution in [0.3, 0.4) is 0 Å². The summed E-state index contributed by atoms with van der Waals surface area (Å²) in [5.41, 5.74) is 2.33. The Morgan fingerprint density at radius 3 is 3.00 bits per heavy atom. The molecule has 2 unspecified atom stereocenters. The molecule has 2 aliphatic rings. The highest BCUT2D eigenvalue weighted by Gasteiger charge is 2.32. The van der Waals surface area contributed by atoms with E-state index in [0.717, 1.165) is 16.6 Å². The summed E-state index contributed by atoms with van der Waals surface area (Å²) in [7, 11) is 0. The second kappa shape index (κ2) is 4.43. The van der Waals surface area contributed by atoms with Crippen molar-refractivity contribution in [3.63, 3.8) is 0 Å². The van der Waals surface area contributed by atoms with Crippen LogP contribution in [0.25, 0.3) is 0 Å². The molecule has 1 amide bonds. The highest BCUT2D eigenvalue weighted by molar-refractivity contribution is 9.10. The number of carbonyl (C=O) groups is 1. The van der Waals surface area contributed by atoms with Crippen molar-refractivity contribution >= 4 is 27.5 Å². The van der Waals surface area contributed by atoms with Crippen LogP contribution in [0.2, 0.25) is 0 Å². The highest BCUT2D eigenvalue weighted by atomic mass is 79.9. The smallest absolute Gasteiger partial charge is 0.230 e. The van der Waals surface area contributed by atoms with Gasteiger partial charge in [0.05, 0.1) is 6.04 Å². The van der Waals surface area contributed by atoms with E-state index in [9.17, 15) is 4.79 Å². The molecule has 18 heavy (non-hydrogen) atoms. The topological polar surface area (TPSA) is 32.3 Å². The number of anilines is 1. The van der Waals surface area contributed by atoms with Gasteiger partial charge in [-0.25, -0.2) is 0 Å². The third-order valence-corrected chi connectivity index (χ3v) is 4.03. The molecule has 0 aliphatic carbocycles. The third kappa shape index (κ3) is 1.94. The lowest BCUT2D eigenvalue weighted by Gasteiger charge is -2.36. The number of carbonyl (C=O) groups excluding carboxylic acids is 1. The Balaban J connectivity index is 2.03. The van der Waals surface area contributed by atoms with Gasteiger partial charge in [0.25, 0.3) is 0 Å². The number of rotatable bonds is 1. The van der Waals surface area contributed by atoms with Gasteiger partial charge in [-0.15, -0.1) is 0 Å². The van der Waals surface area contributed by atoms with E-state index in [-0.39, 0.29) is 11.9 Å². The fraction of sp³-hybridized carbons (Fsp3) is 0.357. The van der Waals surface area contributed by atoms with Crippen LogP contribution in [-0.4, -0.2) is 16.8 Å². The zero-order valence-electron chi connectivity index (χ0n) is 10.2. The molecule has 3 rings (SSSR count). The molecule has 1 aromatic carbocycles. The van der Waals surface area contributed by atoms with E-state index in [1.807, 2.05) is 23.2 Å². The summed E-state index contributed by atoms with van der Waals surface area (Å²) >= 11 is 3.51. The second-order valence-corrected chi connectivity index (χ2v) is 5.83. The molecule has 0 spiro atoms. The second-order valence-electron chi connectivity index (χ2n) is 4.92. The molecule has 0 saturated heterocycles. The van der Waals surface area contributed by atoms with E-state index in [1.165, 1.54) is 5.56 Å². The quantitative estimate of drug-likeness (QED) is 0.862. The van der Waals surface area contributed by atoms with Gasteiger partial charge in [-0.2, -0.15) is 0 Å². The van der Waals surface area contributed by atoms with E-state index >= 15 is 0 Å². The van der Waals surface area contributed by atoms with Crippen LogP contribution in [0.1, 0.15) is 31.4 Å². The number of benzene rings is 1. The van der Waals surface area contributed by atoms with Gasteiger partial charge >= 0.3 is 0 Å². The fourth-order valence-electron chi connectivity index (χ4n) is 2.72. The van der Waals surface area contributed by atoms with Gasteiger partial charge in [0.15, 0.2) is 0 Å². The Morgan fingerprint density at radius 2 is 2.28 bits per heavy atom. The number of amides is 1. The molecule has 2 aliphatic heterocycles. The summed E-state index contributed by atoms with van der Waals surface area (Å²) < 4.78 is 1.05. The summed E-state index contributed by atoms with van der Waals surface area (Å²) in [5.74, 6) is 0.194. The van der Waals surface area contributed by atoms with Crippen molar-refractivity contribution in [1.82, 2.24) is 4.90 Å². The van der Waals surface area contributed by atoms with Crippen LogP contribution in [0.15, 0.2) is 34.9 Å². The van der Waals surface area contributed by atoms with Crippen molar-refractivity contribution in [1.29, 1.82) is 0 Å². The Morgan fingerprint density at radius 1 is 1.44 bits per heavy atom. The number of nitrogens with zero attached hydrogens (tertiary/aromatic N) is 1. The van der Waals surface area contributed by atoms with Crippen molar-refractivity contribution in [3.8, 4) is 0 Å². The van der Waals surface area contributed by atoms with Crippen LogP contribution < -0.4 is 5.32 Å². The minimum absolute atomic E-state index is 0.153. The largest absolute Gasteiger partial charge is 0.382 e. The molecule has 4 heteroatoms. The first kappa shape index (κ1) is 11.8. The number of hydrogen-bond donors (Lipinski definition) is 1. The van der Waals surface area contributed by atoms with Gasteiger partial charge in [0, 0.05) is 28.8 Å². The van der Waals surface area contributed by atoms with Gasteiger partial charge in [0.2, 0.25) is 5.91 Å². The van der Waals surface area contributed by atoms with E-state index in [0.29, 0.717) is 12.5 Å². The van der Waals surface area contributed by atoms with Crippen molar-refractivity contribution in [2.24, 2.45) is 0 Å². The number of hydrogen-bond acceptors (Lipinski definition) is 2. The average molecular weight is 307 g/mol. The predicted octanol–water partition coefficient (Wildman–Crippen LogP) is 3.44. The van der Waals surface area contributed by atoms with Gasteiger partial charge in [-0.3, -0.25) is 4.79 Å². The molecule has 1 N–H and O–H groups in total. The van der Waals surface area contributed by atoms with Gasteiger partial charge in [-0.05, 0) is 37.1 Å². The van der Waals surface area contributed by atoms with E-state index in [4.69, 9.17) is 0 Å². The number of halogens is 1. The standard InChI is InChI=1S/C14H15BrN2O/c1-9-7-13(17-6-2-3-14(17)18)11-8-10(15)4-5-12(11)16-9/h2,4-6,8-9,13,16H,3,7H2,1H3. The molecule has 0 radical (unpaired) electrons. The molecular formula is C14H15BrN2O. The summed E-state index contributed by atoms with van der Waals surface area (Å²) in [6, 6.07) is 6.75. The summed E-state index contributed by atoms with van der Waals surface area (Å²) in [6.07, 6.45) is 5.34. The van der Waals surface area contributed by atoms with E-state index in [2.05, 4.69) is 40.3 Å². The summed E-state index contributed by atoms with van der Waals surface area (Å²) in [5, 5.41) is 3.47. The number of fused-ring (bicyclic) bond motifs is 1. The fourth-order valence-corrected chi connectivity index (χ4v) is 3.10. The van der Waals surface area contributed by atoms with E-state index in [1.54, 1.807) is 0 Å². The predicted molar refractivity (Wildman–Crippen MR) is 75.2 cm³/mol. The summed E-state index contributed by atoms with van der Waals surface area (Å²) in [4.78, 5) is 13.8. The maximum atomic E-state index is 11.9. The van der Waals surface area contributed by atoms with Crippen LogP contribution in [0.5, 0.6) is 0 Å². The first-order valence-electron chi connectivity index (χ1n) is 6.19. The van der Waals surface area contributed by atoms with Crippen LogP contribution in [0.4, 0.5) is 5.69 Å².